The average molecular weight is 307 g/mol. The maximum absolute atomic E-state index is 13.0. The molecule has 0 aliphatic rings. The van der Waals surface area contributed by atoms with Gasteiger partial charge in [0.15, 0.2) is 5.65 Å². The molecule has 4 aromatic rings. The van der Waals surface area contributed by atoms with Gasteiger partial charge in [-0.3, -0.25) is 4.68 Å². The Morgan fingerprint density at radius 2 is 1.87 bits per heavy atom. The Kier molecular flexibility index (Phi) is 2.97. The van der Waals surface area contributed by atoms with Gasteiger partial charge in [0, 0.05) is 30.4 Å². The molecule has 4 rings (SSSR count). The van der Waals surface area contributed by atoms with Crippen molar-refractivity contribution in [2.45, 2.75) is 6.92 Å². The molecule has 0 radical (unpaired) electrons. The molecule has 6 heteroatoms. The molecule has 1 aromatic carbocycles. The van der Waals surface area contributed by atoms with E-state index in [0.717, 1.165) is 33.5 Å². The zero-order valence-electron chi connectivity index (χ0n) is 12.7. The minimum Gasteiger partial charge on any atom is -0.273 e. The lowest BCUT2D eigenvalue weighted by Gasteiger charge is -2.01. The number of benzene rings is 1. The molecule has 5 nitrogen and oxygen atoms in total. The van der Waals surface area contributed by atoms with Crippen molar-refractivity contribution in [2.24, 2.45) is 7.05 Å². The van der Waals surface area contributed by atoms with Gasteiger partial charge < -0.3 is 0 Å². The van der Waals surface area contributed by atoms with Gasteiger partial charge in [-0.15, -0.1) is 0 Å². The smallest absolute Gasteiger partial charge is 0.181 e. The van der Waals surface area contributed by atoms with E-state index in [9.17, 15) is 4.39 Å². The number of hydrogen-bond acceptors (Lipinski definition) is 3. The molecule has 0 aliphatic heterocycles. The van der Waals surface area contributed by atoms with Crippen LogP contribution in [0.3, 0.4) is 0 Å². The molecule has 0 bridgehead atoms. The molecule has 0 aliphatic carbocycles. The summed E-state index contributed by atoms with van der Waals surface area (Å²) in [7, 11) is 1.88. The first-order chi connectivity index (χ1) is 11.1. The zero-order valence-corrected chi connectivity index (χ0v) is 12.7. The van der Waals surface area contributed by atoms with Crippen LogP contribution in [0.25, 0.3) is 28.0 Å². The second-order valence-corrected chi connectivity index (χ2v) is 5.51. The van der Waals surface area contributed by atoms with E-state index < -0.39 is 0 Å². The number of nitrogens with zero attached hydrogens (tertiary/aromatic N) is 5. The summed E-state index contributed by atoms with van der Waals surface area (Å²) in [6, 6.07) is 8.23. The summed E-state index contributed by atoms with van der Waals surface area (Å²) >= 11 is 0. The Balaban J connectivity index is 1.78. The molecule has 3 aromatic heterocycles. The lowest BCUT2D eigenvalue weighted by Crippen LogP contribution is -1.93. The standard InChI is InChI=1S/C17H14FN5/c1-11-7-16(20-17-15(11)10-22(2)21-17)12-8-19-23(9-12)14-5-3-13(18)4-6-14/h3-10H,1-2H3. The van der Waals surface area contributed by atoms with Gasteiger partial charge >= 0.3 is 0 Å². The third kappa shape index (κ3) is 2.38. The van der Waals surface area contributed by atoms with Gasteiger partial charge in [-0.1, -0.05) is 0 Å². The highest BCUT2D eigenvalue weighted by molar-refractivity contribution is 5.81. The molecule has 0 fully saturated rings. The summed E-state index contributed by atoms with van der Waals surface area (Å²) in [6.45, 7) is 2.04. The van der Waals surface area contributed by atoms with E-state index in [0.29, 0.717) is 0 Å². The van der Waals surface area contributed by atoms with E-state index in [-0.39, 0.29) is 5.82 Å². The Hall–Kier alpha value is -3.02. The van der Waals surface area contributed by atoms with Crippen molar-refractivity contribution >= 4 is 11.0 Å². The lowest BCUT2D eigenvalue weighted by atomic mass is 10.1. The number of aryl methyl sites for hydroxylation is 2. The summed E-state index contributed by atoms with van der Waals surface area (Å²) in [5, 5.41) is 9.75. The fraction of sp³-hybridized carbons (Fsp3) is 0.118. The summed E-state index contributed by atoms with van der Waals surface area (Å²) in [4.78, 5) is 4.60. The van der Waals surface area contributed by atoms with Crippen LogP contribution in [-0.2, 0) is 7.05 Å². The van der Waals surface area contributed by atoms with Gasteiger partial charge in [0.25, 0.3) is 0 Å². The van der Waals surface area contributed by atoms with Crippen molar-refractivity contribution in [3.63, 3.8) is 0 Å². The van der Waals surface area contributed by atoms with E-state index in [1.807, 2.05) is 32.4 Å². The third-order valence-corrected chi connectivity index (χ3v) is 3.78. The van der Waals surface area contributed by atoms with Crippen LogP contribution in [0.5, 0.6) is 0 Å². The highest BCUT2D eigenvalue weighted by Crippen LogP contribution is 2.24. The molecule has 114 valence electrons. The first-order valence-corrected chi connectivity index (χ1v) is 7.22. The predicted molar refractivity (Wildman–Crippen MR) is 85.8 cm³/mol. The van der Waals surface area contributed by atoms with Crippen LogP contribution in [-0.4, -0.2) is 24.5 Å². The van der Waals surface area contributed by atoms with Crippen LogP contribution in [0.15, 0.2) is 48.9 Å². The predicted octanol–water partition coefficient (Wildman–Crippen LogP) is 3.27. The summed E-state index contributed by atoms with van der Waals surface area (Å²) < 4.78 is 16.5. The average Bonchev–Trinajstić information content (AvgIpc) is 3.14. The van der Waals surface area contributed by atoms with Crippen molar-refractivity contribution in [3.05, 3.63) is 60.3 Å². The number of pyridine rings is 1. The monoisotopic (exact) mass is 307 g/mol. The molecule has 3 heterocycles. The summed E-state index contributed by atoms with van der Waals surface area (Å²) in [5.74, 6) is -0.265. The van der Waals surface area contributed by atoms with Gasteiger partial charge in [-0.2, -0.15) is 10.2 Å². The van der Waals surface area contributed by atoms with Crippen LogP contribution in [0.1, 0.15) is 5.56 Å². The van der Waals surface area contributed by atoms with Crippen molar-refractivity contribution in [2.75, 3.05) is 0 Å². The Morgan fingerprint density at radius 1 is 1.09 bits per heavy atom. The minimum absolute atomic E-state index is 0.265. The quantitative estimate of drug-likeness (QED) is 0.571. The number of aromatic nitrogens is 5. The second-order valence-electron chi connectivity index (χ2n) is 5.51. The van der Waals surface area contributed by atoms with Gasteiger partial charge in [0.1, 0.15) is 5.82 Å². The number of halogens is 1. The highest BCUT2D eigenvalue weighted by atomic mass is 19.1. The van der Waals surface area contributed by atoms with Crippen molar-refractivity contribution < 1.29 is 4.39 Å². The van der Waals surface area contributed by atoms with Crippen molar-refractivity contribution in [1.29, 1.82) is 0 Å². The first-order valence-electron chi connectivity index (χ1n) is 7.22. The van der Waals surface area contributed by atoms with Gasteiger partial charge in [-0.25, -0.2) is 14.1 Å². The molecular formula is C17H14FN5. The van der Waals surface area contributed by atoms with E-state index in [4.69, 9.17) is 0 Å². The maximum Gasteiger partial charge on any atom is 0.181 e. The minimum atomic E-state index is -0.265. The summed E-state index contributed by atoms with van der Waals surface area (Å²) in [5.41, 5.74) is 4.35. The van der Waals surface area contributed by atoms with Crippen molar-refractivity contribution in [3.8, 4) is 16.9 Å². The molecule has 0 N–H and O–H groups in total. The highest BCUT2D eigenvalue weighted by Gasteiger charge is 2.10. The zero-order chi connectivity index (χ0) is 16.0. The second kappa shape index (κ2) is 5.01. The normalized spacial score (nSPS) is 11.3. The summed E-state index contributed by atoms with van der Waals surface area (Å²) in [6.07, 6.45) is 5.59. The largest absolute Gasteiger partial charge is 0.273 e. The van der Waals surface area contributed by atoms with E-state index in [1.165, 1.54) is 12.1 Å². The Labute approximate surface area is 132 Å². The molecule has 23 heavy (non-hydrogen) atoms. The fourth-order valence-electron chi connectivity index (χ4n) is 2.60. The fourth-order valence-corrected chi connectivity index (χ4v) is 2.60. The molecule has 0 spiro atoms. The van der Waals surface area contributed by atoms with Crippen LogP contribution < -0.4 is 0 Å². The molecule has 0 saturated heterocycles. The number of hydrogen-bond donors (Lipinski definition) is 0. The maximum atomic E-state index is 13.0. The van der Waals surface area contributed by atoms with Gasteiger partial charge in [0.05, 0.1) is 17.6 Å². The molecule has 0 amide bonds. The number of fused-ring (bicyclic) bond motifs is 1. The SMILES string of the molecule is Cc1cc(-c2cnn(-c3ccc(F)cc3)c2)nc2nn(C)cc12. The van der Waals surface area contributed by atoms with Gasteiger partial charge in [-0.05, 0) is 42.8 Å². The molecular weight excluding hydrogens is 293 g/mol. The van der Waals surface area contributed by atoms with Crippen LogP contribution in [0.4, 0.5) is 4.39 Å². The van der Waals surface area contributed by atoms with Crippen LogP contribution in [0.2, 0.25) is 0 Å². The topological polar surface area (TPSA) is 48.5 Å². The first kappa shape index (κ1) is 13.6. The lowest BCUT2D eigenvalue weighted by molar-refractivity contribution is 0.627. The van der Waals surface area contributed by atoms with E-state index >= 15 is 0 Å². The van der Waals surface area contributed by atoms with Crippen LogP contribution in [0, 0.1) is 12.7 Å². The van der Waals surface area contributed by atoms with Gasteiger partial charge in [0.2, 0.25) is 0 Å². The molecule has 0 saturated carbocycles. The molecule has 0 unspecified atom stereocenters. The third-order valence-electron chi connectivity index (χ3n) is 3.78. The molecule has 0 atom stereocenters. The van der Waals surface area contributed by atoms with Crippen LogP contribution >= 0.6 is 0 Å². The number of rotatable bonds is 2. The Bertz CT molecular complexity index is 998. The Morgan fingerprint density at radius 3 is 2.65 bits per heavy atom. The van der Waals surface area contributed by atoms with Crippen molar-refractivity contribution in [1.82, 2.24) is 24.5 Å². The van der Waals surface area contributed by atoms with E-state index in [1.54, 1.807) is 27.7 Å². The van der Waals surface area contributed by atoms with E-state index in [2.05, 4.69) is 15.2 Å².